The van der Waals surface area contributed by atoms with Gasteiger partial charge in [0.2, 0.25) is 0 Å². The van der Waals surface area contributed by atoms with Gasteiger partial charge in [-0.05, 0) is 25.0 Å². The Kier molecular flexibility index (Phi) is 5.31. The number of rotatable bonds is 6. The average molecular weight is 274 g/mol. The topological polar surface area (TPSA) is 78.4 Å². The summed E-state index contributed by atoms with van der Waals surface area (Å²) in [6.07, 6.45) is 5.47. The van der Waals surface area contributed by atoms with Crippen LogP contribution in [0.1, 0.15) is 33.1 Å². The van der Waals surface area contributed by atoms with E-state index in [4.69, 9.17) is 5.11 Å². The lowest BCUT2D eigenvalue weighted by Gasteiger charge is -2.40. The summed E-state index contributed by atoms with van der Waals surface area (Å²) < 4.78 is 0.161. The second kappa shape index (κ2) is 6.31. The second-order valence-electron chi connectivity index (χ2n) is 5.13. The number of carboxylic acids is 1. The zero-order valence-electron chi connectivity index (χ0n) is 11.2. The van der Waals surface area contributed by atoms with E-state index in [-0.39, 0.29) is 10.7 Å². The lowest BCUT2D eigenvalue weighted by molar-refractivity contribution is -0.140. The van der Waals surface area contributed by atoms with E-state index < -0.39 is 18.0 Å². The quantitative estimate of drug-likeness (QED) is 0.688. The van der Waals surface area contributed by atoms with Gasteiger partial charge >= 0.3 is 12.0 Å². The van der Waals surface area contributed by atoms with Gasteiger partial charge in [-0.25, -0.2) is 9.59 Å². The number of hydrogen-bond acceptors (Lipinski definition) is 3. The molecule has 0 unspecified atom stereocenters. The van der Waals surface area contributed by atoms with E-state index in [1.165, 1.54) is 6.42 Å². The number of carbonyl (C=O) groups excluding carboxylic acids is 1. The molecule has 1 aliphatic carbocycles. The number of carbonyl (C=O) groups is 2. The van der Waals surface area contributed by atoms with Crippen molar-refractivity contribution in [2.24, 2.45) is 5.92 Å². The van der Waals surface area contributed by atoms with Crippen molar-refractivity contribution in [1.29, 1.82) is 0 Å². The first kappa shape index (κ1) is 15.1. The predicted octanol–water partition coefficient (Wildman–Crippen LogP) is 1.68. The van der Waals surface area contributed by atoms with Crippen LogP contribution in [-0.2, 0) is 4.79 Å². The molecule has 5 nitrogen and oxygen atoms in total. The predicted molar refractivity (Wildman–Crippen MR) is 72.9 cm³/mol. The normalized spacial score (nSPS) is 18.9. The lowest BCUT2D eigenvalue weighted by atomic mass is 9.84. The van der Waals surface area contributed by atoms with Gasteiger partial charge in [-0.1, -0.05) is 20.3 Å². The number of aliphatic carboxylic acids is 1. The largest absolute Gasteiger partial charge is 0.480 e. The summed E-state index contributed by atoms with van der Waals surface area (Å²) in [5.41, 5.74) is 0. The van der Waals surface area contributed by atoms with Crippen molar-refractivity contribution in [3.8, 4) is 0 Å². The fourth-order valence-corrected chi connectivity index (χ4v) is 2.88. The molecular formula is C12H22N2O3S. The van der Waals surface area contributed by atoms with Crippen LogP contribution in [0.25, 0.3) is 0 Å². The maximum atomic E-state index is 11.7. The third-order valence-electron chi connectivity index (χ3n) is 3.49. The molecule has 2 amide bonds. The van der Waals surface area contributed by atoms with E-state index in [1.54, 1.807) is 25.6 Å². The molecule has 0 radical (unpaired) electrons. The molecule has 0 aliphatic heterocycles. The summed E-state index contributed by atoms with van der Waals surface area (Å²) >= 11 is 1.77. The van der Waals surface area contributed by atoms with Gasteiger partial charge in [0.05, 0.1) is 0 Å². The fraction of sp³-hybridized carbons (Fsp3) is 0.833. The zero-order chi connectivity index (χ0) is 13.8. The van der Waals surface area contributed by atoms with Gasteiger partial charge in [-0.3, -0.25) is 0 Å². The molecule has 0 spiro atoms. The van der Waals surface area contributed by atoms with Crippen molar-refractivity contribution in [2.45, 2.75) is 43.9 Å². The molecule has 1 fully saturated rings. The minimum absolute atomic E-state index is 0.133. The highest BCUT2D eigenvalue weighted by atomic mass is 32.2. The van der Waals surface area contributed by atoms with Crippen molar-refractivity contribution in [1.82, 2.24) is 10.6 Å². The average Bonchev–Trinajstić information content (AvgIpc) is 2.24. The number of urea groups is 1. The number of amides is 2. The van der Waals surface area contributed by atoms with Gasteiger partial charge < -0.3 is 15.7 Å². The molecule has 6 heteroatoms. The van der Waals surface area contributed by atoms with Gasteiger partial charge in [0.25, 0.3) is 0 Å². The smallest absolute Gasteiger partial charge is 0.326 e. The molecule has 0 heterocycles. The van der Waals surface area contributed by atoms with Crippen LogP contribution in [0, 0.1) is 5.92 Å². The summed E-state index contributed by atoms with van der Waals surface area (Å²) in [5, 5.41) is 14.3. The van der Waals surface area contributed by atoms with Crippen molar-refractivity contribution < 1.29 is 14.7 Å². The molecule has 3 N–H and O–H groups in total. The summed E-state index contributed by atoms with van der Waals surface area (Å²) in [7, 11) is 0. The highest BCUT2D eigenvalue weighted by Gasteiger charge is 2.36. The van der Waals surface area contributed by atoms with E-state index in [9.17, 15) is 9.59 Å². The minimum Gasteiger partial charge on any atom is -0.480 e. The van der Waals surface area contributed by atoms with Crippen LogP contribution in [0.2, 0.25) is 0 Å². The first-order chi connectivity index (χ1) is 8.40. The summed E-state index contributed by atoms with van der Waals surface area (Å²) in [6.45, 7) is 4.15. The minimum atomic E-state index is -0.997. The Morgan fingerprint density at radius 2 is 2.00 bits per heavy atom. The van der Waals surface area contributed by atoms with Crippen LogP contribution in [0.3, 0.4) is 0 Å². The fourth-order valence-electron chi connectivity index (χ4n) is 1.97. The van der Waals surface area contributed by atoms with Crippen molar-refractivity contribution in [3.05, 3.63) is 0 Å². The molecule has 104 valence electrons. The highest BCUT2D eigenvalue weighted by molar-refractivity contribution is 8.00. The number of nitrogens with one attached hydrogen (secondary N) is 2. The molecule has 0 saturated heterocycles. The Bertz CT molecular complexity index is 311. The molecular weight excluding hydrogens is 252 g/mol. The number of carboxylic acid groups (broad SMARTS) is 1. The van der Waals surface area contributed by atoms with Crippen LogP contribution < -0.4 is 10.6 Å². The van der Waals surface area contributed by atoms with E-state index in [0.29, 0.717) is 6.54 Å². The lowest BCUT2D eigenvalue weighted by Crippen LogP contribution is -2.52. The molecule has 1 aliphatic rings. The van der Waals surface area contributed by atoms with Crippen LogP contribution in [0.15, 0.2) is 0 Å². The molecule has 0 bridgehead atoms. The highest BCUT2D eigenvalue weighted by Crippen LogP contribution is 2.42. The Labute approximate surface area is 112 Å². The third kappa shape index (κ3) is 3.80. The second-order valence-corrected chi connectivity index (χ2v) is 6.40. The molecule has 0 aromatic carbocycles. The Balaban J connectivity index is 2.39. The van der Waals surface area contributed by atoms with E-state index >= 15 is 0 Å². The van der Waals surface area contributed by atoms with Gasteiger partial charge in [-0.2, -0.15) is 11.8 Å². The SMILES string of the molecule is CSC1(CNC(=O)N[C@H](C(=O)O)C(C)C)CCC1. The first-order valence-corrected chi connectivity index (χ1v) is 7.45. The maximum Gasteiger partial charge on any atom is 0.326 e. The van der Waals surface area contributed by atoms with Crippen LogP contribution in [0.5, 0.6) is 0 Å². The van der Waals surface area contributed by atoms with Crippen LogP contribution in [0.4, 0.5) is 4.79 Å². The summed E-state index contributed by atoms with van der Waals surface area (Å²) in [6, 6.07) is -1.23. The molecule has 0 aromatic rings. The molecule has 1 atom stereocenters. The number of hydrogen-bond donors (Lipinski definition) is 3. The first-order valence-electron chi connectivity index (χ1n) is 6.22. The standard InChI is InChI=1S/C12H22N2O3S/c1-8(2)9(10(15)16)14-11(17)13-7-12(18-3)5-4-6-12/h8-9H,4-7H2,1-3H3,(H,15,16)(H2,13,14,17)/t9-/m0/s1. The van der Waals surface area contributed by atoms with Crippen molar-refractivity contribution in [3.63, 3.8) is 0 Å². The molecule has 1 rings (SSSR count). The van der Waals surface area contributed by atoms with Crippen LogP contribution >= 0.6 is 11.8 Å². The molecule has 1 saturated carbocycles. The van der Waals surface area contributed by atoms with Crippen LogP contribution in [-0.4, -0.2) is 40.7 Å². The zero-order valence-corrected chi connectivity index (χ0v) is 12.0. The monoisotopic (exact) mass is 274 g/mol. The molecule has 18 heavy (non-hydrogen) atoms. The van der Waals surface area contributed by atoms with Gasteiger partial charge in [-0.15, -0.1) is 0 Å². The van der Waals surface area contributed by atoms with Crippen molar-refractivity contribution in [2.75, 3.05) is 12.8 Å². The number of thioether (sulfide) groups is 1. The Hall–Kier alpha value is -0.910. The Morgan fingerprint density at radius 1 is 1.39 bits per heavy atom. The van der Waals surface area contributed by atoms with Gasteiger partial charge in [0.1, 0.15) is 6.04 Å². The van der Waals surface area contributed by atoms with Gasteiger partial charge in [0, 0.05) is 11.3 Å². The van der Waals surface area contributed by atoms with E-state index in [2.05, 4.69) is 10.6 Å². The summed E-state index contributed by atoms with van der Waals surface area (Å²) in [4.78, 5) is 22.6. The van der Waals surface area contributed by atoms with E-state index in [0.717, 1.165) is 12.8 Å². The maximum absolute atomic E-state index is 11.7. The Morgan fingerprint density at radius 3 is 2.33 bits per heavy atom. The third-order valence-corrected chi connectivity index (χ3v) is 4.91. The summed E-state index contributed by atoms with van der Waals surface area (Å²) in [5.74, 6) is -1.13. The molecule has 0 aromatic heterocycles. The van der Waals surface area contributed by atoms with Crippen molar-refractivity contribution >= 4 is 23.8 Å². The van der Waals surface area contributed by atoms with E-state index in [1.807, 2.05) is 6.26 Å². The van der Waals surface area contributed by atoms with Gasteiger partial charge in [0.15, 0.2) is 0 Å².